The van der Waals surface area contributed by atoms with Gasteiger partial charge in [-0.15, -0.1) is 10.2 Å². The Morgan fingerprint density at radius 1 is 1.00 bits per heavy atom. The van der Waals surface area contributed by atoms with Gasteiger partial charge in [-0.1, -0.05) is 18.2 Å². The van der Waals surface area contributed by atoms with E-state index < -0.39 is 0 Å². The van der Waals surface area contributed by atoms with Crippen molar-refractivity contribution in [1.82, 2.24) is 10.2 Å². The fourth-order valence-electron chi connectivity index (χ4n) is 2.95. The summed E-state index contributed by atoms with van der Waals surface area (Å²) in [6.07, 6.45) is 0.827. The highest BCUT2D eigenvalue weighted by Gasteiger charge is 2.09. The number of rotatable bonds is 7. The third kappa shape index (κ3) is 5.30. The number of methoxy groups -OCH3 is 1. The Labute approximate surface area is 165 Å². The van der Waals surface area contributed by atoms with Gasteiger partial charge in [0.2, 0.25) is 0 Å². The minimum Gasteiger partial charge on any atom is -0.497 e. The molecule has 28 heavy (non-hydrogen) atoms. The lowest BCUT2D eigenvalue weighted by atomic mass is 10.1. The van der Waals surface area contributed by atoms with Gasteiger partial charge in [-0.3, -0.25) is 4.79 Å². The van der Waals surface area contributed by atoms with Crippen LogP contribution >= 0.6 is 0 Å². The SMILES string of the molecule is COc1cccc(CCNc2ccc(C(=O)Nc3cc(C)cc(C)c3)nn2)c1. The zero-order valence-corrected chi connectivity index (χ0v) is 16.3. The molecule has 3 rings (SSSR count). The van der Waals surface area contributed by atoms with E-state index in [-0.39, 0.29) is 11.6 Å². The normalized spacial score (nSPS) is 10.4. The highest BCUT2D eigenvalue weighted by atomic mass is 16.5. The number of benzene rings is 2. The highest BCUT2D eigenvalue weighted by molar-refractivity contribution is 6.02. The summed E-state index contributed by atoms with van der Waals surface area (Å²) in [5.74, 6) is 1.20. The lowest BCUT2D eigenvalue weighted by Gasteiger charge is -2.08. The molecule has 0 radical (unpaired) electrons. The van der Waals surface area contributed by atoms with Crippen LogP contribution in [-0.4, -0.2) is 29.8 Å². The van der Waals surface area contributed by atoms with Crippen molar-refractivity contribution in [2.45, 2.75) is 20.3 Å². The molecule has 0 aliphatic carbocycles. The second-order valence-electron chi connectivity index (χ2n) is 6.66. The van der Waals surface area contributed by atoms with Crippen LogP contribution in [0.1, 0.15) is 27.2 Å². The molecular weight excluding hydrogens is 352 g/mol. The number of nitrogens with one attached hydrogen (secondary N) is 2. The van der Waals surface area contributed by atoms with E-state index in [1.165, 1.54) is 5.56 Å². The first-order chi connectivity index (χ1) is 13.5. The highest BCUT2D eigenvalue weighted by Crippen LogP contribution is 2.15. The molecule has 0 bridgehead atoms. The molecule has 0 unspecified atom stereocenters. The van der Waals surface area contributed by atoms with Crippen LogP contribution in [0.25, 0.3) is 0 Å². The van der Waals surface area contributed by atoms with Crippen molar-refractivity contribution in [2.24, 2.45) is 0 Å². The first kappa shape index (κ1) is 19.4. The van der Waals surface area contributed by atoms with Gasteiger partial charge in [-0.2, -0.15) is 0 Å². The molecule has 6 nitrogen and oxygen atoms in total. The Kier molecular flexibility index (Phi) is 6.22. The van der Waals surface area contributed by atoms with Crippen LogP contribution < -0.4 is 15.4 Å². The predicted octanol–water partition coefficient (Wildman–Crippen LogP) is 4.01. The number of aryl methyl sites for hydroxylation is 2. The molecule has 0 saturated heterocycles. The smallest absolute Gasteiger partial charge is 0.276 e. The largest absolute Gasteiger partial charge is 0.497 e. The molecule has 0 spiro atoms. The molecule has 0 aliphatic heterocycles. The molecule has 2 N–H and O–H groups in total. The fraction of sp³-hybridized carbons (Fsp3) is 0.227. The van der Waals surface area contributed by atoms with E-state index in [9.17, 15) is 4.79 Å². The molecule has 1 aromatic heterocycles. The third-order valence-corrected chi connectivity index (χ3v) is 4.23. The summed E-state index contributed by atoms with van der Waals surface area (Å²) < 4.78 is 5.23. The molecule has 0 atom stereocenters. The van der Waals surface area contributed by atoms with Crippen molar-refractivity contribution in [3.05, 3.63) is 77.0 Å². The number of nitrogens with zero attached hydrogens (tertiary/aromatic N) is 2. The lowest BCUT2D eigenvalue weighted by Crippen LogP contribution is -2.15. The van der Waals surface area contributed by atoms with E-state index in [2.05, 4.69) is 33.0 Å². The van der Waals surface area contributed by atoms with Crippen molar-refractivity contribution >= 4 is 17.4 Å². The fourth-order valence-corrected chi connectivity index (χ4v) is 2.95. The van der Waals surface area contributed by atoms with E-state index in [1.807, 2.05) is 44.2 Å². The van der Waals surface area contributed by atoms with E-state index in [0.29, 0.717) is 12.4 Å². The first-order valence-corrected chi connectivity index (χ1v) is 9.13. The van der Waals surface area contributed by atoms with Gasteiger partial charge in [0.25, 0.3) is 5.91 Å². The van der Waals surface area contributed by atoms with Crippen LogP contribution in [0.15, 0.2) is 54.6 Å². The molecule has 1 amide bonds. The van der Waals surface area contributed by atoms with Gasteiger partial charge < -0.3 is 15.4 Å². The average molecular weight is 376 g/mol. The summed E-state index contributed by atoms with van der Waals surface area (Å²) in [7, 11) is 1.66. The summed E-state index contributed by atoms with van der Waals surface area (Å²) in [6.45, 7) is 4.69. The first-order valence-electron chi connectivity index (χ1n) is 9.13. The average Bonchev–Trinajstić information content (AvgIpc) is 2.68. The van der Waals surface area contributed by atoms with Gasteiger partial charge in [0.1, 0.15) is 11.6 Å². The number of hydrogen-bond acceptors (Lipinski definition) is 5. The third-order valence-electron chi connectivity index (χ3n) is 4.23. The number of amides is 1. The molecule has 2 aromatic carbocycles. The molecule has 3 aromatic rings. The Hall–Kier alpha value is -3.41. The van der Waals surface area contributed by atoms with Crippen LogP contribution in [0.5, 0.6) is 5.75 Å². The summed E-state index contributed by atoms with van der Waals surface area (Å²) in [4.78, 5) is 12.4. The number of aromatic nitrogens is 2. The van der Waals surface area contributed by atoms with Crippen molar-refractivity contribution in [3.8, 4) is 5.75 Å². The summed E-state index contributed by atoms with van der Waals surface area (Å²) in [5.41, 5.74) is 4.39. The van der Waals surface area contributed by atoms with Crippen molar-refractivity contribution < 1.29 is 9.53 Å². The number of carbonyl (C=O) groups is 1. The van der Waals surface area contributed by atoms with Gasteiger partial charge >= 0.3 is 0 Å². The number of hydrogen-bond donors (Lipinski definition) is 2. The maximum absolute atomic E-state index is 12.4. The Balaban J connectivity index is 1.54. The zero-order valence-electron chi connectivity index (χ0n) is 16.3. The minimum atomic E-state index is -0.277. The number of carbonyl (C=O) groups excluding carboxylic acids is 1. The zero-order chi connectivity index (χ0) is 19.9. The van der Waals surface area contributed by atoms with Crippen LogP contribution in [0.3, 0.4) is 0 Å². The van der Waals surface area contributed by atoms with Gasteiger partial charge in [0, 0.05) is 12.2 Å². The molecule has 0 aliphatic rings. The van der Waals surface area contributed by atoms with Crippen LogP contribution in [0.2, 0.25) is 0 Å². The predicted molar refractivity (Wildman–Crippen MR) is 111 cm³/mol. The monoisotopic (exact) mass is 376 g/mol. The van der Waals surface area contributed by atoms with Gasteiger partial charge in [-0.25, -0.2) is 0 Å². The van der Waals surface area contributed by atoms with E-state index in [4.69, 9.17) is 4.74 Å². The van der Waals surface area contributed by atoms with Gasteiger partial charge in [0.15, 0.2) is 5.69 Å². The van der Waals surface area contributed by atoms with Crippen LogP contribution in [0.4, 0.5) is 11.5 Å². The summed E-state index contributed by atoms with van der Waals surface area (Å²) >= 11 is 0. The number of anilines is 2. The van der Waals surface area contributed by atoms with E-state index >= 15 is 0 Å². The standard InChI is InChI=1S/C22H24N4O2/c1-15-11-16(2)13-18(12-15)24-22(27)20-7-8-21(26-25-20)23-10-9-17-5-4-6-19(14-17)28-3/h4-8,11-14H,9-10H2,1-3H3,(H,23,26)(H,24,27). The second-order valence-corrected chi connectivity index (χ2v) is 6.66. The maximum atomic E-state index is 12.4. The topological polar surface area (TPSA) is 76.1 Å². The molecule has 1 heterocycles. The van der Waals surface area contributed by atoms with Gasteiger partial charge in [-0.05, 0) is 73.4 Å². The second kappa shape index (κ2) is 8.99. The molecule has 144 valence electrons. The molecule has 0 fully saturated rings. The molecular formula is C22H24N4O2. The number of ether oxygens (including phenoxy) is 1. The summed E-state index contributed by atoms with van der Waals surface area (Å²) in [5, 5.41) is 14.2. The Morgan fingerprint density at radius 2 is 1.79 bits per heavy atom. The van der Waals surface area contributed by atoms with Crippen LogP contribution in [-0.2, 0) is 6.42 Å². The molecule has 6 heteroatoms. The van der Waals surface area contributed by atoms with Crippen molar-refractivity contribution in [1.29, 1.82) is 0 Å². The van der Waals surface area contributed by atoms with Crippen LogP contribution in [0, 0.1) is 13.8 Å². The van der Waals surface area contributed by atoms with Gasteiger partial charge in [0.05, 0.1) is 7.11 Å². The Bertz CT molecular complexity index is 935. The van der Waals surface area contributed by atoms with E-state index in [1.54, 1.807) is 19.2 Å². The van der Waals surface area contributed by atoms with E-state index in [0.717, 1.165) is 29.0 Å². The Morgan fingerprint density at radius 3 is 2.46 bits per heavy atom. The van der Waals surface area contributed by atoms with Crippen molar-refractivity contribution in [2.75, 3.05) is 24.3 Å². The lowest BCUT2D eigenvalue weighted by molar-refractivity contribution is 0.102. The minimum absolute atomic E-state index is 0.275. The quantitative estimate of drug-likeness (QED) is 0.652. The molecule has 0 saturated carbocycles. The summed E-state index contributed by atoms with van der Waals surface area (Å²) in [6, 6.07) is 17.3. The maximum Gasteiger partial charge on any atom is 0.276 e. The van der Waals surface area contributed by atoms with Crippen molar-refractivity contribution in [3.63, 3.8) is 0 Å².